The Labute approximate surface area is 133 Å². The molecular formula is C14H29ClN4O2. The molecule has 6 nitrogen and oxygen atoms in total. The van der Waals surface area contributed by atoms with E-state index in [0.29, 0.717) is 19.1 Å². The van der Waals surface area contributed by atoms with E-state index >= 15 is 0 Å². The summed E-state index contributed by atoms with van der Waals surface area (Å²) in [7, 11) is 0. The van der Waals surface area contributed by atoms with Gasteiger partial charge in [-0.05, 0) is 45.3 Å². The molecule has 1 fully saturated rings. The van der Waals surface area contributed by atoms with Crippen molar-refractivity contribution < 1.29 is 9.59 Å². The molecule has 1 aliphatic heterocycles. The van der Waals surface area contributed by atoms with Gasteiger partial charge in [-0.2, -0.15) is 0 Å². The molecule has 0 saturated carbocycles. The Bertz CT molecular complexity index is 309. The van der Waals surface area contributed by atoms with Crippen LogP contribution in [-0.2, 0) is 4.79 Å². The van der Waals surface area contributed by atoms with Crippen LogP contribution in [0.3, 0.4) is 0 Å². The molecule has 1 saturated heterocycles. The van der Waals surface area contributed by atoms with Crippen molar-refractivity contribution in [3.05, 3.63) is 0 Å². The van der Waals surface area contributed by atoms with Crippen molar-refractivity contribution >= 4 is 24.3 Å². The first-order valence-electron chi connectivity index (χ1n) is 7.69. The van der Waals surface area contributed by atoms with Gasteiger partial charge in [-0.3, -0.25) is 15.0 Å². The summed E-state index contributed by atoms with van der Waals surface area (Å²) in [5, 5.41) is 8.37. The molecule has 0 bridgehead atoms. The van der Waals surface area contributed by atoms with E-state index in [1.165, 1.54) is 0 Å². The predicted molar refractivity (Wildman–Crippen MR) is 86.8 cm³/mol. The number of carbonyl (C=O) groups excluding carboxylic acids is 2. The molecular weight excluding hydrogens is 292 g/mol. The Morgan fingerprint density at radius 2 is 1.86 bits per heavy atom. The van der Waals surface area contributed by atoms with Crippen LogP contribution in [0, 0.1) is 0 Å². The van der Waals surface area contributed by atoms with Crippen LogP contribution in [0.1, 0.15) is 39.5 Å². The normalized spacial score (nSPS) is 15.4. The van der Waals surface area contributed by atoms with Crippen LogP contribution >= 0.6 is 12.4 Å². The third kappa shape index (κ3) is 8.24. The number of nitrogens with one attached hydrogen (secondary N) is 3. The lowest BCUT2D eigenvalue weighted by Gasteiger charge is -2.33. The Kier molecular flexibility index (Phi) is 11.3. The molecule has 0 atom stereocenters. The average Bonchev–Trinajstić information content (AvgIpc) is 2.45. The topological polar surface area (TPSA) is 73.5 Å². The zero-order chi connectivity index (χ0) is 14.8. The number of imide groups is 1. The first-order valence-corrected chi connectivity index (χ1v) is 7.69. The van der Waals surface area contributed by atoms with Gasteiger partial charge in [0.25, 0.3) is 0 Å². The summed E-state index contributed by atoms with van der Waals surface area (Å²) in [5.74, 6) is -0.217. The van der Waals surface area contributed by atoms with Crippen molar-refractivity contribution in [3.8, 4) is 0 Å². The minimum atomic E-state index is -0.390. The van der Waals surface area contributed by atoms with Gasteiger partial charge in [-0.25, -0.2) is 4.79 Å². The minimum absolute atomic E-state index is 0. The summed E-state index contributed by atoms with van der Waals surface area (Å²) in [6, 6.07) is 0.0549. The molecule has 0 aliphatic carbocycles. The molecule has 21 heavy (non-hydrogen) atoms. The van der Waals surface area contributed by atoms with Crippen molar-refractivity contribution in [2.45, 2.75) is 45.6 Å². The lowest BCUT2D eigenvalue weighted by molar-refractivity contribution is -0.121. The molecule has 0 aromatic heterocycles. The standard InChI is InChI=1S/C14H28N4O2.ClH/c1-3-7-16-14(20)17-13(19)11-18(10-4-2)12-5-8-15-9-6-12;/h12,15H,3-11H2,1-2H3,(H2,16,17,19,20);1H. The van der Waals surface area contributed by atoms with Crippen molar-refractivity contribution in [1.82, 2.24) is 20.9 Å². The zero-order valence-electron chi connectivity index (χ0n) is 13.1. The summed E-state index contributed by atoms with van der Waals surface area (Å²) in [6.07, 6.45) is 4.00. The number of rotatable bonds is 7. The summed E-state index contributed by atoms with van der Waals surface area (Å²) in [5.41, 5.74) is 0. The summed E-state index contributed by atoms with van der Waals surface area (Å²) in [4.78, 5) is 25.6. The van der Waals surface area contributed by atoms with Gasteiger partial charge in [0.15, 0.2) is 0 Å². The van der Waals surface area contributed by atoms with E-state index in [0.717, 1.165) is 45.3 Å². The van der Waals surface area contributed by atoms with Crippen molar-refractivity contribution in [2.75, 3.05) is 32.7 Å². The molecule has 3 N–H and O–H groups in total. The van der Waals surface area contributed by atoms with Gasteiger partial charge in [0.1, 0.15) is 0 Å². The van der Waals surface area contributed by atoms with E-state index < -0.39 is 6.03 Å². The Morgan fingerprint density at radius 1 is 1.19 bits per heavy atom. The number of hydrogen-bond donors (Lipinski definition) is 3. The molecule has 0 spiro atoms. The average molecular weight is 321 g/mol. The molecule has 0 radical (unpaired) electrons. The number of carbonyl (C=O) groups is 2. The molecule has 124 valence electrons. The highest BCUT2D eigenvalue weighted by atomic mass is 35.5. The van der Waals surface area contributed by atoms with Gasteiger partial charge in [0.05, 0.1) is 6.54 Å². The molecule has 0 unspecified atom stereocenters. The SMILES string of the molecule is CCCNC(=O)NC(=O)CN(CCC)C1CCNCC1.Cl. The highest BCUT2D eigenvalue weighted by Crippen LogP contribution is 2.11. The molecule has 1 heterocycles. The monoisotopic (exact) mass is 320 g/mol. The van der Waals surface area contributed by atoms with Gasteiger partial charge in [-0.15, -0.1) is 12.4 Å². The van der Waals surface area contributed by atoms with Crippen molar-refractivity contribution in [1.29, 1.82) is 0 Å². The van der Waals surface area contributed by atoms with E-state index in [9.17, 15) is 9.59 Å². The second kappa shape index (κ2) is 11.8. The van der Waals surface area contributed by atoms with Gasteiger partial charge in [0, 0.05) is 12.6 Å². The summed E-state index contributed by atoms with van der Waals surface area (Å²) >= 11 is 0. The predicted octanol–water partition coefficient (Wildman–Crippen LogP) is 1.11. The number of hydrogen-bond acceptors (Lipinski definition) is 4. The summed E-state index contributed by atoms with van der Waals surface area (Å²) < 4.78 is 0. The maximum atomic E-state index is 11.9. The van der Waals surface area contributed by atoms with Crippen molar-refractivity contribution in [3.63, 3.8) is 0 Å². The van der Waals surface area contributed by atoms with Crippen LogP contribution in [0.2, 0.25) is 0 Å². The minimum Gasteiger partial charge on any atom is -0.338 e. The van der Waals surface area contributed by atoms with E-state index in [4.69, 9.17) is 0 Å². The molecule has 0 aromatic rings. The van der Waals surface area contributed by atoms with E-state index in [-0.39, 0.29) is 18.3 Å². The van der Waals surface area contributed by atoms with Crippen molar-refractivity contribution in [2.24, 2.45) is 0 Å². The second-order valence-electron chi connectivity index (χ2n) is 5.26. The largest absolute Gasteiger partial charge is 0.338 e. The zero-order valence-corrected chi connectivity index (χ0v) is 13.9. The number of nitrogens with zero attached hydrogens (tertiary/aromatic N) is 1. The van der Waals surface area contributed by atoms with Crippen LogP contribution in [0.4, 0.5) is 4.79 Å². The first kappa shape index (κ1) is 20.1. The maximum Gasteiger partial charge on any atom is 0.321 e. The highest BCUT2D eigenvalue weighted by molar-refractivity contribution is 5.95. The van der Waals surface area contributed by atoms with Gasteiger partial charge < -0.3 is 10.6 Å². The van der Waals surface area contributed by atoms with Gasteiger partial charge in [-0.1, -0.05) is 13.8 Å². The number of urea groups is 1. The fraction of sp³-hybridized carbons (Fsp3) is 0.857. The smallest absolute Gasteiger partial charge is 0.321 e. The van der Waals surface area contributed by atoms with Crippen LogP contribution in [0.15, 0.2) is 0 Å². The second-order valence-corrected chi connectivity index (χ2v) is 5.26. The van der Waals surface area contributed by atoms with Gasteiger partial charge >= 0.3 is 6.03 Å². The fourth-order valence-electron chi connectivity index (χ4n) is 2.48. The van der Waals surface area contributed by atoms with E-state index in [1.54, 1.807) is 0 Å². The molecule has 7 heteroatoms. The van der Waals surface area contributed by atoms with Crippen LogP contribution < -0.4 is 16.0 Å². The first-order chi connectivity index (χ1) is 9.67. The summed E-state index contributed by atoms with van der Waals surface area (Å²) in [6.45, 7) is 7.88. The Balaban J connectivity index is 0.00000400. The Hall–Kier alpha value is -0.850. The molecule has 0 aromatic carbocycles. The third-order valence-electron chi connectivity index (χ3n) is 3.47. The highest BCUT2D eigenvalue weighted by Gasteiger charge is 2.22. The quantitative estimate of drug-likeness (QED) is 0.657. The maximum absolute atomic E-state index is 11.9. The molecule has 3 amide bonds. The number of amides is 3. The van der Waals surface area contributed by atoms with Crippen LogP contribution in [-0.4, -0.2) is 55.6 Å². The third-order valence-corrected chi connectivity index (χ3v) is 3.47. The number of halogens is 1. The van der Waals surface area contributed by atoms with E-state index in [2.05, 4.69) is 27.8 Å². The van der Waals surface area contributed by atoms with Gasteiger partial charge in [0.2, 0.25) is 5.91 Å². The molecule has 1 aliphatic rings. The molecule has 1 rings (SSSR count). The fourth-order valence-corrected chi connectivity index (χ4v) is 2.48. The van der Waals surface area contributed by atoms with Crippen LogP contribution in [0.5, 0.6) is 0 Å². The number of piperidine rings is 1. The Morgan fingerprint density at radius 3 is 2.43 bits per heavy atom. The van der Waals surface area contributed by atoms with E-state index in [1.807, 2.05) is 6.92 Å². The lowest BCUT2D eigenvalue weighted by atomic mass is 10.0. The lowest BCUT2D eigenvalue weighted by Crippen LogP contribution is -2.49. The van der Waals surface area contributed by atoms with Crippen LogP contribution in [0.25, 0.3) is 0 Å².